The van der Waals surface area contributed by atoms with Gasteiger partial charge >= 0.3 is 6.18 Å². The van der Waals surface area contributed by atoms with E-state index in [4.69, 9.17) is 5.73 Å². The van der Waals surface area contributed by atoms with Gasteiger partial charge in [-0.2, -0.15) is 13.2 Å². The van der Waals surface area contributed by atoms with Crippen LogP contribution < -0.4 is 5.73 Å². The topological polar surface area (TPSA) is 46.2 Å². The van der Waals surface area contributed by atoms with E-state index in [0.29, 0.717) is 24.8 Å². The normalized spacial score (nSPS) is 14.7. The Labute approximate surface area is 127 Å². The van der Waals surface area contributed by atoms with Crippen LogP contribution in [-0.2, 0) is 6.18 Å². The molecule has 0 amide bonds. The van der Waals surface area contributed by atoms with Gasteiger partial charge in [0.15, 0.2) is 0 Å². The molecule has 2 atom stereocenters. The molecule has 1 aromatic rings. The first-order valence-corrected chi connectivity index (χ1v) is 6.43. The fourth-order valence-electron chi connectivity index (χ4n) is 1.86. The highest BCUT2D eigenvalue weighted by Crippen LogP contribution is 2.31. The predicted octanol–water partition coefficient (Wildman–Crippen LogP) is 4.06. The molecule has 1 rings (SSSR count). The predicted molar refractivity (Wildman–Crippen MR) is 75.7 cm³/mol. The SMILES string of the molecule is CC(C)CC[C@@H](O)[C@@H](N)c1ccc(C(F)(F)F)cc1F.Cl. The third-order valence-electron chi connectivity index (χ3n) is 3.14. The van der Waals surface area contributed by atoms with E-state index < -0.39 is 29.7 Å². The zero-order chi connectivity index (χ0) is 15.5. The maximum atomic E-state index is 13.7. The average Bonchev–Trinajstić information content (AvgIpc) is 2.33. The number of aliphatic hydroxyl groups is 1. The zero-order valence-corrected chi connectivity index (χ0v) is 12.6. The van der Waals surface area contributed by atoms with Crippen molar-refractivity contribution < 1.29 is 22.7 Å². The van der Waals surface area contributed by atoms with Crippen molar-refractivity contribution in [3.05, 3.63) is 35.1 Å². The Bertz CT molecular complexity index is 451. The maximum absolute atomic E-state index is 13.7. The Hall–Kier alpha value is -0.850. The van der Waals surface area contributed by atoms with Crippen molar-refractivity contribution in [3.63, 3.8) is 0 Å². The van der Waals surface area contributed by atoms with E-state index in [1.807, 2.05) is 13.8 Å². The van der Waals surface area contributed by atoms with Gasteiger partial charge in [-0.1, -0.05) is 19.9 Å². The first kappa shape index (κ1) is 20.1. The van der Waals surface area contributed by atoms with Gasteiger partial charge in [-0.05, 0) is 30.9 Å². The minimum absolute atomic E-state index is 0. The van der Waals surface area contributed by atoms with Crippen LogP contribution in [0, 0.1) is 11.7 Å². The number of aliphatic hydroxyl groups excluding tert-OH is 1. The number of nitrogens with two attached hydrogens (primary N) is 1. The highest BCUT2D eigenvalue weighted by atomic mass is 35.5. The molecular weight excluding hydrogens is 310 g/mol. The van der Waals surface area contributed by atoms with Crippen molar-refractivity contribution in [2.24, 2.45) is 11.7 Å². The van der Waals surface area contributed by atoms with Gasteiger partial charge in [-0.15, -0.1) is 12.4 Å². The van der Waals surface area contributed by atoms with Crippen LogP contribution in [0.25, 0.3) is 0 Å². The number of benzene rings is 1. The lowest BCUT2D eigenvalue weighted by molar-refractivity contribution is -0.137. The molecule has 0 unspecified atom stereocenters. The monoisotopic (exact) mass is 329 g/mol. The molecule has 7 heteroatoms. The third kappa shape index (κ3) is 5.80. The molecule has 0 aromatic heterocycles. The highest BCUT2D eigenvalue weighted by Gasteiger charge is 2.32. The summed E-state index contributed by atoms with van der Waals surface area (Å²) >= 11 is 0. The summed E-state index contributed by atoms with van der Waals surface area (Å²) in [5, 5.41) is 9.86. The quantitative estimate of drug-likeness (QED) is 0.800. The largest absolute Gasteiger partial charge is 0.416 e. The summed E-state index contributed by atoms with van der Waals surface area (Å²) in [5.74, 6) is -0.690. The molecule has 0 aliphatic heterocycles. The molecule has 0 radical (unpaired) electrons. The van der Waals surface area contributed by atoms with Gasteiger partial charge in [0, 0.05) is 5.56 Å². The second-order valence-corrected chi connectivity index (χ2v) is 5.30. The van der Waals surface area contributed by atoms with Gasteiger partial charge in [0.1, 0.15) is 5.82 Å². The lowest BCUT2D eigenvalue weighted by Crippen LogP contribution is -2.27. The minimum Gasteiger partial charge on any atom is -0.391 e. The first-order valence-electron chi connectivity index (χ1n) is 6.43. The molecule has 0 saturated carbocycles. The fourth-order valence-corrected chi connectivity index (χ4v) is 1.86. The van der Waals surface area contributed by atoms with Crippen LogP contribution in [0.1, 0.15) is 43.9 Å². The summed E-state index contributed by atoms with van der Waals surface area (Å²) in [6.45, 7) is 3.94. The van der Waals surface area contributed by atoms with E-state index in [-0.39, 0.29) is 18.0 Å². The maximum Gasteiger partial charge on any atom is 0.416 e. The van der Waals surface area contributed by atoms with Crippen LogP contribution >= 0.6 is 12.4 Å². The number of rotatable bonds is 5. The van der Waals surface area contributed by atoms with Crippen LogP contribution in [0.5, 0.6) is 0 Å². The molecule has 21 heavy (non-hydrogen) atoms. The summed E-state index contributed by atoms with van der Waals surface area (Å²) in [7, 11) is 0. The molecule has 3 N–H and O–H groups in total. The Morgan fingerprint density at radius 2 is 1.76 bits per heavy atom. The van der Waals surface area contributed by atoms with Gasteiger partial charge in [0.25, 0.3) is 0 Å². The number of halogens is 5. The third-order valence-corrected chi connectivity index (χ3v) is 3.14. The van der Waals surface area contributed by atoms with Crippen LogP contribution in [0.3, 0.4) is 0 Å². The summed E-state index contributed by atoms with van der Waals surface area (Å²) < 4.78 is 51.0. The summed E-state index contributed by atoms with van der Waals surface area (Å²) in [6.07, 6.45) is -4.50. The van der Waals surface area contributed by atoms with Gasteiger partial charge in [-0.25, -0.2) is 4.39 Å². The molecule has 0 aliphatic rings. The van der Waals surface area contributed by atoms with Gasteiger partial charge in [0.05, 0.1) is 17.7 Å². The second kappa shape index (κ2) is 7.96. The smallest absolute Gasteiger partial charge is 0.391 e. The first-order chi connectivity index (χ1) is 9.12. The molecule has 0 fully saturated rings. The molecule has 0 spiro atoms. The molecule has 0 heterocycles. The van der Waals surface area contributed by atoms with E-state index in [0.717, 1.165) is 12.1 Å². The fraction of sp³-hybridized carbons (Fsp3) is 0.571. The van der Waals surface area contributed by atoms with Gasteiger partial charge < -0.3 is 10.8 Å². The standard InChI is InChI=1S/C14H19F4NO.ClH/c1-8(2)3-6-12(20)13(19)10-5-4-9(7-11(10)15)14(16,17)18;/h4-5,7-8,12-13,20H,3,6,19H2,1-2H3;1H/t12-,13+;/m1./s1. The van der Waals surface area contributed by atoms with E-state index in [2.05, 4.69) is 0 Å². The summed E-state index contributed by atoms with van der Waals surface area (Å²) in [6, 6.07) is 1.13. The van der Waals surface area contributed by atoms with E-state index >= 15 is 0 Å². The van der Waals surface area contributed by atoms with Gasteiger partial charge in [-0.3, -0.25) is 0 Å². The lowest BCUT2D eigenvalue weighted by Gasteiger charge is -2.21. The van der Waals surface area contributed by atoms with Crippen molar-refractivity contribution in [1.82, 2.24) is 0 Å². The molecule has 2 nitrogen and oxygen atoms in total. The van der Waals surface area contributed by atoms with Crippen LogP contribution in [0.2, 0.25) is 0 Å². The van der Waals surface area contributed by atoms with Crippen molar-refractivity contribution in [2.75, 3.05) is 0 Å². The molecular formula is C14H20ClF4NO. The number of hydrogen-bond acceptors (Lipinski definition) is 2. The van der Waals surface area contributed by atoms with E-state index in [1.165, 1.54) is 0 Å². The molecule has 0 bridgehead atoms. The number of alkyl halides is 3. The zero-order valence-electron chi connectivity index (χ0n) is 11.8. The number of hydrogen-bond donors (Lipinski definition) is 2. The Morgan fingerprint density at radius 1 is 1.19 bits per heavy atom. The summed E-state index contributed by atoms with van der Waals surface area (Å²) in [4.78, 5) is 0. The molecule has 1 aromatic carbocycles. The van der Waals surface area contributed by atoms with Crippen molar-refractivity contribution in [3.8, 4) is 0 Å². The van der Waals surface area contributed by atoms with Crippen LogP contribution in [-0.4, -0.2) is 11.2 Å². The average molecular weight is 330 g/mol. The minimum atomic E-state index is -4.60. The summed E-state index contributed by atoms with van der Waals surface area (Å²) in [5.41, 5.74) is 4.54. The Balaban J connectivity index is 0.00000400. The van der Waals surface area contributed by atoms with Crippen LogP contribution in [0.15, 0.2) is 18.2 Å². The molecule has 0 saturated heterocycles. The Morgan fingerprint density at radius 3 is 2.19 bits per heavy atom. The molecule has 0 aliphatic carbocycles. The van der Waals surface area contributed by atoms with E-state index in [9.17, 15) is 22.7 Å². The van der Waals surface area contributed by atoms with Crippen LogP contribution in [0.4, 0.5) is 17.6 Å². The Kier molecular flexibility index (Phi) is 7.64. The second-order valence-electron chi connectivity index (χ2n) is 5.30. The molecule has 122 valence electrons. The van der Waals surface area contributed by atoms with Crippen molar-refractivity contribution >= 4 is 12.4 Å². The van der Waals surface area contributed by atoms with Crippen molar-refractivity contribution in [1.29, 1.82) is 0 Å². The van der Waals surface area contributed by atoms with E-state index in [1.54, 1.807) is 0 Å². The lowest BCUT2D eigenvalue weighted by atomic mass is 9.95. The highest BCUT2D eigenvalue weighted by molar-refractivity contribution is 5.85. The van der Waals surface area contributed by atoms with Crippen molar-refractivity contribution in [2.45, 2.75) is 45.0 Å². The van der Waals surface area contributed by atoms with Gasteiger partial charge in [0.2, 0.25) is 0 Å².